The number of halogens is 3. The van der Waals surface area contributed by atoms with E-state index in [-0.39, 0.29) is 47.9 Å². The smallest absolute Gasteiger partial charge is 0.252 e. The molecule has 3 aromatic rings. The number of alkyl halides is 1. The number of nitrogens with one attached hydrogen (secondary N) is 1. The number of carbonyl (C=O) groups is 3. The number of carbonyl (C=O) groups excluding carboxylic acids is 3. The molecule has 34 heavy (non-hydrogen) atoms. The van der Waals surface area contributed by atoms with Crippen molar-refractivity contribution < 1.29 is 23.2 Å². The number of hydrogen-bond acceptors (Lipinski definition) is 5. The summed E-state index contributed by atoms with van der Waals surface area (Å²) in [6, 6.07) is 4.94. The summed E-state index contributed by atoms with van der Waals surface area (Å²) in [5.41, 5.74) is 12.0. The fourth-order valence-electron chi connectivity index (χ4n) is 4.01. The lowest BCUT2D eigenvalue weighted by molar-refractivity contribution is -0.139. The molecule has 1 saturated heterocycles. The molecule has 0 aliphatic carbocycles. The first-order valence-corrected chi connectivity index (χ1v) is 10.7. The minimum atomic E-state index is -1.38. The van der Waals surface area contributed by atoms with E-state index in [1.807, 2.05) is 0 Å². The summed E-state index contributed by atoms with van der Waals surface area (Å²) in [6.07, 6.45) is 1.22. The number of nitrogen functional groups attached to an aromatic ring is 1. The van der Waals surface area contributed by atoms with Gasteiger partial charge in [-0.2, -0.15) is 0 Å². The fourth-order valence-corrected chi connectivity index (χ4v) is 4.21. The van der Waals surface area contributed by atoms with Gasteiger partial charge in [0.15, 0.2) is 0 Å². The fraction of sp³-hybridized carbons (Fsp3) is 0.273. The van der Waals surface area contributed by atoms with Crippen molar-refractivity contribution in [2.24, 2.45) is 5.73 Å². The molecular formula is C22H21ClF2N6O3. The maximum atomic E-state index is 14.2. The number of likely N-dealkylation sites (tertiary alicyclic amines) is 1. The molecule has 12 heteroatoms. The number of aromatic nitrogens is 2. The summed E-state index contributed by atoms with van der Waals surface area (Å²) in [4.78, 5) is 42.5. The Morgan fingerprint density at radius 2 is 2.03 bits per heavy atom. The topological polar surface area (TPSA) is 136 Å². The standard InChI is InChI=1S/C22H21ClF2N6O3/c23-15-3-1-2-11(18(15)25)7-29-22(34)16-6-12(24)9-31(16)17(32)10-30-5-4-13-19(26)14(20(27)33)8-28-21(13)30/h1-5,8,12,16H,6-7,9-10H2,(H2,26,28)(H2,27,33)(H,29,34)/t12-,16+/m1/s1. The highest BCUT2D eigenvalue weighted by Gasteiger charge is 2.39. The predicted molar refractivity (Wildman–Crippen MR) is 121 cm³/mol. The number of anilines is 1. The maximum Gasteiger partial charge on any atom is 0.252 e. The molecule has 0 unspecified atom stereocenters. The summed E-state index contributed by atoms with van der Waals surface area (Å²) in [5.74, 6) is -2.49. The summed E-state index contributed by atoms with van der Waals surface area (Å²) < 4.78 is 29.8. The first-order chi connectivity index (χ1) is 16.2. The van der Waals surface area contributed by atoms with E-state index in [0.29, 0.717) is 11.0 Å². The Kier molecular flexibility index (Phi) is 6.38. The normalized spacial score (nSPS) is 17.8. The first kappa shape index (κ1) is 23.4. The number of rotatable bonds is 6. The molecule has 1 aliphatic heterocycles. The molecule has 5 N–H and O–H groups in total. The van der Waals surface area contributed by atoms with Crippen molar-refractivity contribution in [1.29, 1.82) is 0 Å². The zero-order valence-electron chi connectivity index (χ0n) is 17.8. The Labute approximate surface area is 197 Å². The van der Waals surface area contributed by atoms with Crippen molar-refractivity contribution in [3.63, 3.8) is 0 Å². The first-order valence-electron chi connectivity index (χ1n) is 10.3. The molecule has 0 bridgehead atoms. The van der Waals surface area contributed by atoms with Crippen LogP contribution in [0.25, 0.3) is 11.0 Å². The van der Waals surface area contributed by atoms with Crippen molar-refractivity contribution in [3.8, 4) is 0 Å². The molecular weight excluding hydrogens is 470 g/mol. The third-order valence-corrected chi connectivity index (χ3v) is 6.05. The van der Waals surface area contributed by atoms with E-state index in [2.05, 4.69) is 10.3 Å². The van der Waals surface area contributed by atoms with Gasteiger partial charge in [0.2, 0.25) is 11.8 Å². The number of hydrogen-bond donors (Lipinski definition) is 3. The largest absolute Gasteiger partial charge is 0.397 e. The number of nitrogens with zero attached hydrogens (tertiary/aromatic N) is 3. The van der Waals surface area contributed by atoms with Crippen molar-refractivity contribution in [3.05, 3.63) is 58.6 Å². The Morgan fingerprint density at radius 3 is 2.76 bits per heavy atom. The highest BCUT2D eigenvalue weighted by molar-refractivity contribution is 6.30. The Hall–Kier alpha value is -3.73. The van der Waals surface area contributed by atoms with Gasteiger partial charge in [-0.3, -0.25) is 14.4 Å². The predicted octanol–water partition coefficient (Wildman–Crippen LogP) is 1.77. The van der Waals surface area contributed by atoms with Crippen molar-refractivity contribution >= 4 is 46.0 Å². The van der Waals surface area contributed by atoms with Gasteiger partial charge in [-0.15, -0.1) is 0 Å². The molecule has 2 aromatic heterocycles. The molecule has 178 valence electrons. The van der Waals surface area contributed by atoms with Crippen molar-refractivity contribution in [2.45, 2.75) is 31.7 Å². The van der Waals surface area contributed by atoms with Gasteiger partial charge in [0.05, 0.1) is 22.8 Å². The van der Waals surface area contributed by atoms with E-state index in [9.17, 15) is 23.2 Å². The molecule has 3 amide bonds. The van der Waals surface area contributed by atoms with E-state index < -0.39 is 35.8 Å². The molecule has 1 fully saturated rings. The SMILES string of the molecule is NC(=O)c1cnc2c(ccn2CC(=O)N2C[C@H](F)C[C@H]2C(=O)NCc2cccc(Cl)c2F)c1N. The van der Waals surface area contributed by atoms with Gasteiger partial charge >= 0.3 is 0 Å². The third-order valence-electron chi connectivity index (χ3n) is 5.76. The van der Waals surface area contributed by atoms with Crippen LogP contribution in [0.5, 0.6) is 0 Å². The summed E-state index contributed by atoms with van der Waals surface area (Å²) in [6.45, 7) is -0.636. The van der Waals surface area contributed by atoms with Gasteiger partial charge in [0.25, 0.3) is 5.91 Å². The average Bonchev–Trinajstić information content (AvgIpc) is 3.38. The van der Waals surface area contributed by atoms with Crippen molar-refractivity contribution in [1.82, 2.24) is 19.8 Å². The second-order valence-electron chi connectivity index (χ2n) is 7.96. The molecule has 1 aliphatic rings. The molecule has 4 rings (SSSR count). The monoisotopic (exact) mass is 490 g/mol. The number of fused-ring (bicyclic) bond motifs is 1. The van der Waals surface area contributed by atoms with Crippen LogP contribution in [0.2, 0.25) is 5.02 Å². The van der Waals surface area contributed by atoms with Crippen LogP contribution in [0.4, 0.5) is 14.5 Å². The van der Waals surface area contributed by atoms with E-state index in [1.54, 1.807) is 18.3 Å². The zero-order chi connectivity index (χ0) is 24.6. The van der Waals surface area contributed by atoms with Crippen LogP contribution in [0, 0.1) is 5.82 Å². The number of nitrogens with two attached hydrogens (primary N) is 2. The highest BCUT2D eigenvalue weighted by atomic mass is 35.5. The maximum absolute atomic E-state index is 14.2. The van der Waals surface area contributed by atoms with Crippen LogP contribution in [0.1, 0.15) is 22.3 Å². The number of benzene rings is 1. The van der Waals surface area contributed by atoms with Crippen LogP contribution < -0.4 is 16.8 Å². The Morgan fingerprint density at radius 1 is 1.26 bits per heavy atom. The Balaban J connectivity index is 1.49. The van der Waals surface area contributed by atoms with Gasteiger partial charge in [0, 0.05) is 36.3 Å². The molecule has 3 heterocycles. The molecule has 0 saturated carbocycles. The van der Waals surface area contributed by atoms with Gasteiger partial charge in [0.1, 0.15) is 30.2 Å². The molecule has 0 spiro atoms. The molecule has 1 aromatic carbocycles. The minimum absolute atomic E-state index is 0.0595. The Bertz CT molecular complexity index is 1300. The lowest BCUT2D eigenvalue weighted by Crippen LogP contribution is -2.46. The summed E-state index contributed by atoms with van der Waals surface area (Å²) >= 11 is 5.75. The lowest BCUT2D eigenvalue weighted by Gasteiger charge is -2.24. The van der Waals surface area contributed by atoms with Crippen LogP contribution >= 0.6 is 11.6 Å². The zero-order valence-corrected chi connectivity index (χ0v) is 18.6. The van der Waals surface area contributed by atoms with Crippen LogP contribution in [-0.2, 0) is 22.7 Å². The van der Waals surface area contributed by atoms with Gasteiger partial charge in [-0.05, 0) is 12.1 Å². The molecule has 0 radical (unpaired) electrons. The van der Waals surface area contributed by atoms with Crippen molar-refractivity contribution in [2.75, 3.05) is 12.3 Å². The number of primary amides is 1. The molecule has 2 atom stereocenters. The minimum Gasteiger partial charge on any atom is -0.397 e. The van der Waals surface area contributed by atoms with Crippen LogP contribution in [0.15, 0.2) is 36.7 Å². The van der Waals surface area contributed by atoms with E-state index in [1.165, 1.54) is 22.9 Å². The number of pyridine rings is 1. The molecule has 9 nitrogen and oxygen atoms in total. The summed E-state index contributed by atoms with van der Waals surface area (Å²) in [7, 11) is 0. The number of amides is 3. The van der Waals surface area contributed by atoms with Gasteiger partial charge in [-0.1, -0.05) is 23.7 Å². The van der Waals surface area contributed by atoms with E-state index in [4.69, 9.17) is 23.1 Å². The van der Waals surface area contributed by atoms with Crippen LogP contribution in [0.3, 0.4) is 0 Å². The van der Waals surface area contributed by atoms with E-state index >= 15 is 0 Å². The quantitative estimate of drug-likeness (QED) is 0.483. The van der Waals surface area contributed by atoms with E-state index in [0.717, 1.165) is 4.90 Å². The van der Waals surface area contributed by atoms with Gasteiger partial charge in [-0.25, -0.2) is 13.8 Å². The summed E-state index contributed by atoms with van der Waals surface area (Å²) in [5, 5.41) is 2.91. The van der Waals surface area contributed by atoms with Crippen LogP contribution in [-0.4, -0.2) is 50.9 Å². The highest BCUT2D eigenvalue weighted by Crippen LogP contribution is 2.26. The average molecular weight is 491 g/mol. The lowest BCUT2D eigenvalue weighted by atomic mass is 10.1. The van der Waals surface area contributed by atoms with Gasteiger partial charge < -0.3 is 26.3 Å². The third kappa shape index (κ3) is 4.38. The second kappa shape index (κ2) is 9.26. The second-order valence-corrected chi connectivity index (χ2v) is 8.36.